The van der Waals surface area contributed by atoms with Crippen LogP contribution in [0, 0.1) is 13.8 Å². The number of nitrogens with one attached hydrogen (secondary N) is 1. The summed E-state index contributed by atoms with van der Waals surface area (Å²) in [4.78, 5) is 28.4. The monoisotopic (exact) mass is 623 g/mol. The van der Waals surface area contributed by atoms with Gasteiger partial charge in [0.2, 0.25) is 11.8 Å². The number of aryl methyl sites for hydroxylation is 2. The normalized spacial score (nSPS) is 12.1. The van der Waals surface area contributed by atoms with Crippen LogP contribution in [0.15, 0.2) is 65.6 Å². The van der Waals surface area contributed by atoms with Crippen LogP contribution in [0.25, 0.3) is 0 Å². The van der Waals surface area contributed by atoms with E-state index < -0.39 is 28.5 Å². The average Bonchev–Trinajstić information content (AvgIpc) is 2.91. The third kappa shape index (κ3) is 7.49. The summed E-state index contributed by atoms with van der Waals surface area (Å²) in [5, 5.41) is 3.82. The van der Waals surface area contributed by atoms with Gasteiger partial charge in [0.05, 0.1) is 20.6 Å². The van der Waals surface area contributed by atoms with Crippen molar-refractivity contribution in [1.82, 2.24) is 10.2 Å². The number of rotatable bonds is 11. The highest BCUT2D eigenvalue weighted by Gasteiger charge is 2.33. The van der Waals surface area contributed by atoms with Gasteiger partial charge in [0.25, 0.3) is 10.0 Å². The van der Waals surface area contributed by atoms with E-state index in [0.29, 0.717) is 39.3 Å². The number of nitrogens with zero attached hydrogens (tertiary/aromatic N) is 2. The maximum absolute atomic E-state index is 14.0. The van der Waals surface area contributed by atoms with E-state index in [9.17, 15) is 18.0 Å². The van der Waals surface area contributed by atoms with Gasteiger partial charge >= 0.3 is 0 Å². The average molecular weight is 625 g/mol. The smallest absolute Gasteiger partial charge is 0.264 e. The van der Waals surface area contributed by atoms with E-state index in [-0.39, 0.29) is 17.3 Å². The van der Waals surface area contributed by atoms with E-state index >= 15 is 0 Å². The van der Waals surface area contributed by atoms with Crippen LogP contribution in [0.5, 0.6) is 0 Å². The van der Waals surface area contributed by atoms with E-state index in [1.165, 1.54) is 29.2 Å². The Bertz CT molecular complexity index is 1480. The van der Waals surface area contributed by atoms with E-state index in [4.69, 9.17) is 34.8 Å². The summed E-state index contributed by atoms with van der Waals surface area (Å²) >= 11 is 18.3. The summed E-state index contributed by atoms with van der Waals surface area (Å²) in [6.45, 7) is 7.23. The lowest BCUT2D eigenvalue weighted by Crippen LogP contribution is -2.52. The second kappa shape index (κ2) is 13.7. The molecule has 0 aliphatic heterocycles. The molecular formula is C29H32Cl3N3O4S. The molecule has 0 saturated carbocycles. The second-order valence-corrected chi connectivity index (χ2v) is 12.4. The van der Waals surface area contributed by atoms with Gasteiger partial charge in [-0.15, -0.1) is 0 Å². The molecule has 11 heteroatoms. The Morgan fingerprint density at radius 1 is 0.875 bits per heavy atom. The third-order valence-corrected chi connectivity index (χ3v) is 9.31. The number of amides is 2. The van der Waals surface area contributed by atoms with Crippen LogP contribution in [0.3, 0.4) is 0 Å². The molecular weight excluding hydrogens is 593 g/mol. The summed E-state index contributed by atoms with van der Waals surface area (Å²) < 4.78 is 28.9. The van der Waals surface area contributed by atoms with Gasteiger partial charge in [-0.1, -0.05) is 53.9 Å². The van der Waals surface area contributed by atoms with Crippen molar-refractivity contribution in [3.63, 3.8) is 0 Å². The number of halogens is 3. The van der Waals surface area contributed by atoms with Crippen molar-refractivity contribution < 1.29 is 18.0 Å². The lowest BCUT2D eigenvalue weighted by atomic mass is 10.1. The van der Waals surface area contributed by atoms with Crippen molar-refractivity contribution in [2.45, 2.75) is 51.6 Å². The molecule has 1 atom stereocenters. The van der Waals surface area contributed by atoms with Gasteiger partial charge in [-0.3, -0.25) is 13.9 Å². The molecule has 0 aliphatic rings. The molecule has 0 spiro atoms. The first-order valence-corrected chi connectivity index (χ1v) is 15.3. The van der Waals surface area contributed by atoms with Crippen molar-refractivity contribution in [1.29, 1.82) is 0 Å². The van der Waals surface area contributed by atoms with Crippen LogP contribution in [0.2, 0.25) is 15.1 Å². The molecule has 0 radical (unpaired) electrons. The summed E-state index contributed by atoms with van der Waals surface area (Å²) in [6, 6.07) is 15.0. The van der Waals surface area contributed by atoms with Crippen LogP contribution in [-0.4, -0.2) is 44.3 Å². The van der Waals surface area contributed by atoms with Crippen molar-refractivity contribution in [3.8, 4) is 0 Å². The lowest BCUT2D eigenvalue weighted by molar-refractivity contribution is -0.140. The first kappa shape index (κ1) is 31.7. The van der Waals surface area contributed by atoms with Gasteiger partial charge in [0, 0.05) is 18.1 Å². The largest absolute Gasteiger partial charge is 0.355 e. The van der Waals surface area contributed by atoms with Crippen LogP contribution in [0.4, 0.5) is 5.69 Å². The highest BCUT2D eigenvalue weighted by Crippen LogP contribution is 2.28. The molecule has 0 heterocycles. The molecule has 0 aromatic heterocycles. The first-order valence-electron chi connectivity index (χ1n) is 12.8. The predicted molar refractivity (Wildman–Crippen MR) is 162 cm³/mol. The minimum atomic E-state index is -4.19. The molecule has 1 N–H and O–H groups in total. The number of carbonyl (C=O) groups is 2. The molecule has 7 nitrogen and oxygen atoms in total. The van der Waals surface area contributed by atoms with Crippen LogP contribution in [-0.2, 0) is 26.2 Å². The molecule has 0 aliphatic carbocycles. The minimum Gasteiger partial charge on any atom is -0.355 e. The second-order valence-electron chi connectivity index (χ2n) is 9.32. The molecule has 214 valence electrons. The minimum absolute atomic E-state index is 0.0188. The molecule has 40 heavy (non-hydrogen) atoms. The predicted octanol–water partition coefficient (Wildman–Crippen LogP) is 6.40. The molecule has 3 aromatic carbocycles. The maximum Gasteiger partial charge on any atom is 0.264 e. The summed E-state index contributed by atoms with van der Waals surface area (Å²) in [7, 11) is -4.19. The zero-order valence-corrected chi connectivity index (χ0v) is 25.8. The van der Waals surface area contributed by atoms with Crippen molar-refractivity contribution in [3.05, 3.63) is 92.4 Å². The Balaban J connectivity index is 2.09. The van der Waals surface area contributed by atoms with Gasteiger partial charge in [0.1, 0.15) is 12.6 Å². The van der Waals surface area contributed by atoms with E-state index in [1.807, 2.05) is 13.8 Å². The molecule has 0 fully saturated rings. The standard InChI is InChI=1S/C29H32Cl3N3O4S/c1-5-27(29(37)33-6-2)34(17-21-8-14-25(31)26(32)16-21)28(36)18-35(23-11-7-19(3)20(4)15-23)40(38,39)24-12-9-22(30)10-13-24/h7-16,27H,5-6,17-18H2,1-4H3,(H,33,37)/t27-/m1/s1. The van der Waals surface area contributed by atoms with Gasteiger partial charge < -0.3 is 10.2 Å². The Kier molecular flexibility index (Phi) is 10.9. The van der Waals surface area contributed by atoms with E-state index in [2.05, 4.69) is 5.32 Å². The Morgan fingerprint density at radius 2 is 1.55 bits per heavy atom. The molecule has 0 unspecified atom stereocenters. The number of sulfonamides is 1. The number of benzene rings is 3. The fourth-order valence-corrected chi connectivity index (χ4v) is 6.04. The van der Waals surface area contributed by atoms with Gasteiger partial charge in [-0.05, 0) is 92.4 Å². The van der Waals surface area contributed by atoms with Gasteiger partial charge in [-0.25, -0.2) is 8.42 Å². The molecule has 2 amide bonds. The summed E-state index contributed by atoms with van der Waals surface area (Å²) in [5.74, 6) is -0.892. The fraction of sp³-hybridized carbons (Fsp3) is 0.310. The van der Waals surface area contributed by atoms with Crippen LogP contribution in [0.1, 0.15) is 37.0 Å². The Morgan fingerprint density at radius 3 is 2.12 bits per heavy atom. The van der Waals surface area contributed by atoms with Gasteiger partial charge in [0.15, 0.2) is 0 Å². The van der Waals surface area contributed by atoms with Crippen molar-refractivity contribution >= 4 is 62.3 Å². The van der Waals surface area contributed by atoms with Crippen LogP contribution < -0.4 is 9.62 Å². The van der Waals surface area contributed by atoms with Crippen LogP contribution >= 0.6 is 34.8 Å². The summed E-state index contributed by atoms with van der Waals surface area (Å²) in [6.07, 6.45) is 0.312. The third-order valence-electron chi connectivity index (χ3n) is 6.53. The number of anilines is 1. The zero-order chi connectivity index (χ0) is 29.6. The molecule has 3 rings (SSSR count). The maximum atomic E-state index is 14.0. The first-order chi connectivity index (χ1) is 18.9. The van der Waals surface area contributed by atoms with Crippen molar-refractivity contribution in [2.24, 2.45) is 0 Å². The Hall–Kier alpha value is -2.78. The quantitative estimate of drug-likeness (QED) is 0.267. The number of carbonyl (C=O) groups excluding carboxylic acids is 2. The number of likely N-dealkylation sites (N-methyl/N-ethyl adjacent to an activating group) is 1. The SMILES string of the molecule is CCNC(=O)[C@@H](CC)N(Cc1ccc(Cl)c(Cl)c1)C(=O)CN(c1ccc(C)c(C)c1)S(=O)(=O)c1ccc(Cl)cc1. The lowest BCUT2D eigenvalue weighted by Gasteiger charge is -2.33. The fourth-order valence-electron chi connectivity index (χ4n) is 4.19. The van der Waals surface area contributed by atoms with Gasteiger partial charge in [-0.2, -0.15) is 0 Å². The highest BCUT2D eigenvalue weighted by atomic mass is 35.5. The topological polar surface area (TPSA) is 86.8 Å². The summed E-state index contributed by atoms with van der Waals surface area (Å²) in [5.41, 5.74) is 2.81. The van der Waals surface area contributed by atoms with Crippen molar-refractivity contribution in [2.75, 3.05) is 17.4 Å². The molecule has 0 saturated heterocycles. The Labute approximate surface area is 251 Å². The van der Waals surface area contributed by atoms with E-state index in [0.717, 1.165) is 15.4 Å². The zero-order valence-electron chi connectivity index (χ0n) is 22.7. The number of hydrogen-bond acceptors (Lipinski definition) is 4. The highest BCUT2D eigenvalue weighted by molar-refractivity contribution is 7.92. The molecule has 0 bridgehead atoms. The van der Waals surface area contributed by atoms with E-state index in [1.54, 1.807) is 50.2 Å². The molecule has 3 aromatic rings. The number of hydrogen-bond donors (Lipinski definition) is 1.